The van der Waals surface area contributed by atoms with Crippen molar-refractivity contribution in [1.29, 1.82) is 0 Å². The number of nitrogens with zero attached hydrogens (tertiary/aromatic N) is 3. The van der Waals surface area contributed by atoms with Gasteiger partial charge >= 0.3 is 0 Å². The normalized spacial score (nSPS) is 21.9. The highest BCUT2D eigenvalue weighted by Gasteiger charge is 2.31. The Bertz CT molecular complexity index is 906. The fraction of sp³-hybridized carbons (Fsp3) is 0.522. The molecule has 3 heterocycles. The van der Waals surface area contributed by atoms with Crippen molar-refractivity contribution in [3.8, 4) is 11.3 Å². The van der Waals surface area contributed by atoms with E-state index in [2.05, 4.69) is 10.5 Å². The Balaban J connectivity index is 1.35. The molecule has 31 heavy (non-hydrogen) atoms. The highest BCUT2D eigenvalue weighted by atomic mass is 19.1. The van der Waals surface area contributed by atoms with Gasteiger partial charge in [0.05, 0.1) is 5.69 Å². The van der Waals surface area contributed by atoms with Crippen molar-refractivity contribution in [2.24, 2.45) is 11.8 Å². The van der Waals surface area contributed by atoms with Gasteiger partial charge in [-0.25, -0.2) is 4.39 Å². The fourth-order valence-electron chi connectivity index (χ4n) is 4.54. The third-order valence-corrected chi connectivity index (χ3v) is 6.44. The Hall–Kier alpha value is -2.74. The van der Waals surface area contributed by atoms with E-state index in [1.165, 1.54) is 12.1 Å². The summed E-state index contributed by atoms with van der Waals surface area (Å²) in [5.41, 5.74) is 1.64. The van der Waals surface area contributed by atoms with Gasteiger partial charge in [-0.1, -0.05) is 5.16 Å². The van der Waals surface area contributed by atoms with E-state index < -0.39 is 0 Å². The van der Waals surface area contributed by atoms with Crippen LogP contribution < -0.4 is 5.32 Å². The van der Waals surface area contributed by atoms with Gasteiger partial charge in [-0.15, -0.1) is 0 Å². The molecule has 2 aliphatic heterocycles. The average molecular weight is 429 g/mol. The predicted octanol–water partition coefficient (Wildman–Crippen LogP) is 2.33. The van der Waals surface area contributed by atoms with E-state index in [1.54, 1.807) is 24.0 Å². The van der Waals surface area contributed by atoms with Gasteiger partial charge in [0.15, 0.2) is 5.76 Å². The number of carbonyl (C=O) groups is 2. The number of piperidine rings is 1. The Kier molecular flexibility index (Phi) is 6.65. The molecule has 8 heteroatoms. The SMILES string of the molecule is CC(=O)N1CCN(C(=O)C[C@@H]2CCNC[C@@H]2Cc2cc(-c3ccc(F)cc3)on2)CC1. The highest BCUT2D eigenvalue weighted by Crippen LogP contribution is 2.29. The quantitative estimate of drug-likeness (QED) is 0.791. The number of carbonyl (C=O) groups excluding carboxylic acids is 2. The molecule has 0 radical (unpaired) electrons. The van der Waals surface area contributed by atoms with Gasteiger partial charge in [-0.2, -0.15) is 0 Å². The van der Waals surface area contributed by atoms with Crippen LogP contribution in [0.4, 0.5) is 4.39 Å². The molecular weight excluding hydrogens is 399 g/mol. The Labute approximate surface area is 181 Å². The molecule has 7 nitrogen and oxygen atoms in total. The van der Waals surface area contributed by atoms with Gasteiger partial charge in [0, 0.05) is 51.2 Å². The van der Waals surface area contributed by atoms with Gasteiger partial charge in [-0.05, 0) is 62.0 Å². The summed E-state index contributed by atoms with van der Waals surface area (Å²) in [6.45, 7) is 5.77. The molecular formula is C23H29FN4O3. The molecule has 2 saturated heterocycles. The van der Waals surface area contributed by atoms with Crippen molar-refractivity contribution in [2.45, 2.75) is 26.2 Å². The van der Waals surface area contributed by atoms with Crippen molar-refractivity contribution in [1.82, 2.24) is 20.3 Å². The maximum atomic E-state index is 13.2. The van der Waals surface area contributed by atoms with Crippen LogP contribution in [0.25, 0.3) is 11.3 Å². The number of hydrogen-bond acceptors (Lipinski definition) is 5. The summed E-state index contributed by atoms with van der Waals surface area (Å²) in [4.78, 5) is 28.1. The third kappa shape index (κ3) is 5.31. The zero-order chi connectivity index (χ0) is 21.8. The first-order valence-corrected chi connectivity index (χ1v) is 10.9. The minimum Gasteiger partial charge on any atom is -0.356 e. The van der Waals surface area contributed by atoms with E-state index >= 15 is 0 Å². The summed E-state index contributed by atoms with van der Waals surface area (Å²) in [7, 11) is 0. The second-order valence-electron chi connectivity index (χ2n) is 8.50. The van der Waals surface area contributed by atoms with Crippen molar-refractivity contribution in [3.05, 3.63) is 41.8 Å². The molecule has 0 aliphatic carbocycles. The van der Waals surface area contributed by atoms with Crippen LogP contribution in [0.1, 0.15) is 25.5 Å². The van der Waals surface area contributed by atoms with E-state index in [9.17, 15) is 14.0 Å². The number of benzene rings is 1. The second kappa shape index (κ2) is 9.60. The van der Waals surface area contributed by atoms with Crippen LogP contribution >= 0.6 is 0 Å². The van der Waals surface area contributed by atoms with E-state index in [1.807, 2.05) is 11.0 Å². The molecule has 2 amide bonds. The van der Waals surface area contributed by atoms with E-state index in [4.69, 9.17) is 4.52 Å². The molecule has 1 aromatic carbocycles. The largest absolute Gasteiger partial charge is 0.356 e. The first-order chi connectivity index (χ1) is 15.0. The summed E-state index contributed by atoms with van der Waals surface area (Å²) < 4.78 is 18.6. The molecule has 1 N–H and O–H groups in total. The fourth-order valence-corrected chi connectivity index (χ4v) is 4.54. The monoisotopic (exact) mass is 428 g/mol. The number of rotatable bonds is 5. The van der Waals surface area contributed by atoms with Crippen LogP contribution in [0, 0.1) is 17.7 Å². The minimum atomic E-state index is -0.285. The number of hydrogen-bond donors (Lipinski definition) is 1. The lowest BCUT2D eigenvalue weighted by atomic mass is 9.81. The number of amides is 2. The zero-order valence-corrected chi connectivity index (χ0v) is 17.8. The lowest BCUT2D eigenvalue weighted by molar-refractivity contribution is -0.139. The van der Waals surface area contributed by atoms with Crippen molar-refractivity contribution in [3.63, 3.8) is 0 Å². The Morgan fingerprint density at radius 1 is 1.13 bits per heavy atom. The first kappa shape index (κ1) is 21.5. The Morgan fingerprint density at radius 2 is 1.84 bits per heavy atom. The molecule has 2 aromatic rings. The smallest absolute Gasteiger partial charge is 0.222 e. The second-order valence-corrected chi connectivity index (χ2v) is 8.50. The van der Waals surface area contributed by atoms with Crippen LogP contribution in [-0.4, -0.2) is 66.0 Å². The predicted molar refractivity (Wildman–Crippen MR) is 114 cm³/mol. The lowest BCUT2D eigenvalue weighted by Crippen LogP contribution is -2.51. The molecule has 1 aromatic heterocycles. The van der Waals surface area contributed by atoms with Gasteiger partial charge < -0.3 is 19.6 Å². The molecule has 2 fully saturated rings. The summed E-state index contributed by atoms with van der Waals surface area (Å²) in [6, 6.07) is 8.06. The van der Waals surface area contributed by atoms with E-state index in [-0.39, 0.29) is 23.5 Å². The first-order valence-electron chi connectivity index (χ1n) is 10.9. The van der Waals surface area contributed by atoms with Gasteiger partial charge in [0.1, 0.15) is 5.82 Å². The van der Waals surface area contributed by atoms with E-state index in [0.717, 1.165) is 37.2 Å². The van der Waals surface area contributed by atoms with Crippen LogP contribution in [-0.2, 0) is 16.0 Å². The number of aromatic nitrogens is 1. The molecule has 0 unspecified atom stereocenters. The van der Waals surface area contributed by atoms with Crippen LogP contribution in [0.3, 0.4) is 0 Å². The molecule has 0 spiro atoms. The van der Waals surface area contributed by atoms with Crippen LogP contribution in [0.5, 0.6) is 0 Å². The van der Waals surface area contributed by atoms with Crippen LogP contribution in [0.2, 0.25) is 0 Å². The molecule has 4 rings (SSSR count). The van der Waals surface area contributed by atoms with Gasteiger partial charge in [0.2, 0.25) is 11.8 Å². The standard InChI is InChI=1S/C23H29FN4O3/c1-16(29)27-8-10-28(11-9-27)23(30)13-18-6-7-25-15-19(18)12-21-14-22(31-26-21)17-2-4-20(24)5-3-17/h2-5,14,18-19,25H,6-13,15H2,1H3/t18-,19-/m0/s1. The molecule has 2 aliphatic rings. The van der Waals surface area contributed by atoms with Crippen LogP contribution in [0.15, 0.2) is 34.9 Å². The lowest BCUT2D eigenvalue weighted by Gasteiger charge is -2.37. The third-order valence-electron chi connectivity index (χ3n) is 6.44. The zero-order valence-electron chi connectivity index (χ0n) is 17.8. The molecule has 2 atom stereocenters. The number of halogens is 1. The van der Waals surface area contributed by atoms with Crippen molar-refractivity contribution in [2.75, 3.05) is 39.3 Å². The maximum Gasteiger partial charge on any atom is 0.222 e. The summed E-state index contributed by atoms with van der Waals surface area (Å²) in [5, 5.41) is 7.64. The molecule has 166 valence electrons. The molecule has 0 bridgehead atoms. The van der Waals surface area contributed by atoms with Crippen molar-refractivity contribution < 1.29 is 18.5 Å². The Morgan fingerprint density at radius 3 is 2.55 bits per heavy atom. The van der Waals surface area contributed by atoms with E-state index in [0.29, 0.717) is 44.3 Å². The summed E-state index contributed by atoms with van der Waals surface area (Å²) in [6.07, 6.45) is 2.20. The van der Waals surface area contributed by atoms with Crippen molar-refractivity contribution >= 4 is 11.8 Å². The number of nitrogens with one attached hydrogen (secondary N) is 1. The minimum absolute atomic E-state index is 0.0677. The summed E-state index contributed by atoms with van der Waals surface area (Å²) in [5.74, 6) is 1.15. The maximum absolute atomic E-state index is 13.2. The number of piperazine rings is 1. The topological polar surface area (TPSA) is 78.7 Å². The van der Waals surface area contributed by atoms with Gasteiger partial charge in [0.25, 0.3) is 0 Å². The highest BCUT2D eigenvalue weighted by molar-refractivity contribution is 5.77. The van der Waals surface area contributed by atoms with Gasteiger partial charge in [-0.3, -0.25) is 9.59 Å². The average Bonchev–Trinajstić information content (AvgIpc) is 3.24. The molecule has 0 saturated carbocycles. The summed E-state index contributed by atoms with van der Waals surface area (Å²) >= 11 is 0.